The molecule has 2 rings (SSSR count). The second kappa shape index (κ2) is 3.69. The molecule has 78 valence electrons. The van der Waals surface area contributed by atoms with Gasteiger partial charge < -0.3 is 5.73 Å². The molecule has 2 fully saturated rings. The van der Waals surface area contributed by atoms with Gasteiger partial charge in [0.1, 0.15) is 0 Å². The number of nitrogens with two attached hydrogens (primary N) is 1. The minimum atomic E-state index is 0.000324. The predicted octanol–water partition coefficient (Wildman–Crippen LogP) is 0.405. The molecule has 2 unspecified atom stereocenters. The number of hydrogen-bond donors (Lipinski definition) is 1. The minimum absolute atomic E-state index is 0.000324. The van der Waals surface area contributed by atoms with Gasteiger partial charge in [-0.25, -0.2) is 0 Å². The van der Waals surface area contributed by atoms with Gasteiger partial charge in [-0.15, -0.1) is 0 Å². The summed E-state index contributed by atoms with van der Waals surface area (Å²) >= 11 is 0. The van der Waals surface area contributed by atoms with Gasteiger partial charge in [-0.2, -0.15) is 0 Å². The van der Waals surface area contributed by atoms with E-state index in [0.29, 0.717) is 19.3 Å². The molecule has 1 saturated carbocycles. The zero-order chi connectivity index (χ0) is 10.1. The lowest BCUT2D eigenvalue weighted by Gasteiger charge is -2.30. The van der Waals surface area contributed by atoms with Crippen LogP contribution in [0.4, 0.5) is 0 Å². The molecular weight excluding hydrogens is 180 g/mol. The molecule has 0 bridgehead atoms. The molecule has 2 aliphatic rings. The minimum Gasteiger partial charge on any atom is -0.328 e. The van der Waals surface area contributed by atoms with Crippen molar-refractivity contribution in [2.75, 3.05) is 0 Å². The van der Waals surface area contributed by atoms with Crippen LogP contribution in [0, 0.1) is 0 Å². The third-order valence-corrected chi connectivity index (χ3v) is 3.13. The summed E-state index contributed by atoms with van der Waals surface area (Å²) in [5.74, 6) is 0.000648. The van der Waals surface area contributed by atoms with Crippen LogP contribution in [0.3, 0.4) is 0 Å². The lowest BCUT2D eigenvalue weighted by molar-refractivity contribution is -0.150. The van der Waals surface area contributed by atoms with E-state index in [-0.39, 0.29) is 23.9 Å². The summed E-state index contributed by atoms with van der Waals surface area (Å²) in [5, 5.41) is 0. The van der Waals surface area contributed by atoms with Crippen molar-refractivity contribution in [3.05, 3.63) is 0 Å². The van der Waals surface area contributed by atoms with Gasteiger partial charge in [0.25, 0.3) is 0 Å². The molecule has 1 aliphatic carbocycles. The first-order chi connectivity index (χ1) is 6.68. The molecule has 0 spiro atoms. The van der Waals surface area contributed by atoms with Crippen LogP contribution in [-0.4, -0.2) is 28.8 Å². The second-order valence-electron chi connectivity index (χ2n) is 4.24. The zero-order valence-corrected chi connectivity index (χ0v) is 8.24. The average molecular weight is 196 g/mol. The predicted molar refractivity (Wildman–Crippen MR) is 51.3 cm³/mol. The fourth-order valence-corrected chi connectivity index (χ4v) is 2.40. The van der Waals surface area contributed by atoms with Gasteiger partial charge in [0.05, 0.1) is 0 Å². The fourth-order valence-electron chi connectivity index (χ4n) is 2.40. The van der Waals surface area contributed by atoms with E-state index in [9.17, 15) is 9.59 Å². The first kappa shape index (κ1) is 9.65. The number of carbonyl (C=O) groups excluding carboxylic acids is 2. The number of nitrogens with zero attached hydrogens (tertiary/aromatic N) is 1. The average Bonchev–Trinajstić information content (AvgIpc) is 2.51. The molecule has 0 radical (unpaired) electrons. The molecule has 1 aliphatic heterocycles. The molecule has 0 aromatic rings. The van der Waals surface area contributed by atoms with Crippen LogP contribution in [0.1, 0.15) is 38.5 Å². The Balaban J connectivity index is 2.07. The van der Waals surface area contributed by atoms with Crippen LogP contribution in [0.25, 0.3) is 0 Å². The number of amides is 2. The van der Waals surface area contributed by atoms with Gasteiger partial charge in [0.2, 0.25) is 11.8 Å². The molecule has 0 aromatic heterocycles. The van der Waals surface area contributed by atoms with E-state index in [4.69, 9.17) is 5.73 Å². The first-order valence-electron chi connectivity index (χ1n) is 5.29. The lowest BCUT2D eigenvalue weighted by Crippen LogP contribution is -2.46. The Morgan fingerprint density at radius 2 is 1.79 bits per heavy atom. The number of imide groups is 1. The number of piperidine rings is 1. The van der Waals surface area contributed by atoms with Crippen molar-refractivity contribution in [3.8, 4) is 0 Å². The quantitative estimate of drug-likeness (QED) is 0.618. The van der Waals surface area contributed by atoms with Crippen molar-refractivity contribution in [3.63, 3.8) is 0 Å². The van der Waals surface area contributed by atoms with E-state index in [1.54, 1.807) is 0 Å². The fraction of sp³-hybridized carbons (Fsp3) is 0.800. The van der Waals surface area contributed by atoms with E-state index in [2.05, 4.69) is 0 Å². The molecule has 1 saturated heterocycles. The van der Waals surface area contributed by atoms with Crippen LogP contribution >= 0.6 is 0 Å². The first-order valence-corrected chi connectivity index (χ1v) is 5.29. The lowest BCUT2D eigenvalue weighted by atomic mass is 10.1. The molecule has 0 aromatic carbocycles. The van der Waals surface area contributed by atoms with Crippen molar-refractivity contribution in [2.24, 2.45) is 5.73 Å². The molecule has 2 N–H and O–H groups in total. The Morgan fingerprint density at radius 3 is 2.29 bits per heavy atom. The van der Waals surface area contributed by atoms with Crippen LogP contribution < -0.4 is 5.73 Å². The van der Waals surface area contributed by atoms with Crippen LogP contribution in [0.5, 0.6) is 0 Å². The van der Waals surface area contributed by atoms with Crippen LogP contribution in [0.15, 0.2) is 0 Å². The van der Waals surface area contributed by atoms with E-state index in [1.165, 1.54) is 4.90 Å². The third kappa shape index (κ3) is 1.66. The molecule has 4 nitrogen and oxygen atoms in total. The second-order valence-corrected chi connectivity index (χ2v) is 4.24. The molecule has 2 amide bonds. The maximum absolute atomic E-state index is 11.6. The number of rotatable bonds is 1. The zero-order valence-electron chi connectivity index (χ0n) is 8.24. The highest BCUT2D eigenvalue weighted by atomic mass is 16.2. The van der Waals surface area contributed by atoms with Gasteiger partial charge in [0.15, 0.2) is 0 Å². The smallest absolute Gasteiger partial charge is 0.229 e. The largest absolute Gasteiger partial charge is 0.328 e. The van der Waals surface area contributed by atoms with Crippen molar-refractivity contribution in [1.82, 2.24) is 4.90 Å². The van der Waals surface area contributed by atoms with Crippen LogP contribution in [0.2, 0.25) is 0 Å². The molecular formula is C10H16N2O2. The summed E-state index contributed by atoms with van der Waals surface area (Å²) in [6, 6.07) is 0.257. The maximum atomic E-state index is 11.6. The Kier molecular flexibility index (Phi) is 2.54. The highest BCUT2D eigenvalue weighted by molar-refractivity contribution is 5.97. The summed E-state index contributed by atoms with van der Waals surface area (Å²) < 4.78 is 0. The van der Waals surface area contributed by atoms with E-state index in [0.717, 1.165) is 19.3 Å². The summed E-state index contributed by atoms with van der Waals surface area (Å²) in [4.78, 5) is 24.6. The number of hydrogen-bond acceptors (Lipinski definition) is 3. The van der Waals surface area contributed by atoms with E-state index in [1.807, 2.05) is 0 Å². The number of carbonyl (C=O) groups is 2. The van der Waals surface area contributed by atoms with Crippen LogP contribution in [-0.2, 0) is 9.59 Å². The summed E-state index contributed by atoms with van der Waals surface area (Å²) in [6.45, 7) is 0. The summed E-state index contributed by atoms with van der Waals surface area (Å²) in [7, 11) is 0. The van der Waals surface area contributed by atoms with Gasteiger partial charge >= 0.3 is 0 Å². The van der Waals surface area contributed by atoms with Gasteiger partial charge in [-0.3, -0.25) is 14.5 Å². The van der Waals surface area contributed by atoms with Crippen molar-refractivity contribution in [1.29, 1.82) is 0 Å². The van der Waals surface area contributed by atoms with Crippen molar-refractivity contribution < 1.29 is 9.59 Å². The molecule has 14 heavy (non-hydrogen) atoms. The Hall–Kier alpha value is -0.900. The topological polar surface area (TPSA) is 63.4 Å². The molecule has 2 atom stereocenters. The van der Waals surface area contributed by atoms with Crippen molar-refractivity contribution in [2.45, 2.75) is 50.6 Å². The summed E-state index contributed by atoms with van der Waals surface area (Å²) in [5.41, 5.74) is 5.77. The highest BCUT2D eigenvalue weighted by Gasteiger charge is 2.35. The molecule has 4 heteroatoms. The highest BCUT2D eigenvalue weighted by Crippen LogP contribution is 2.26. The maximum Gasteiger partial charge on any atom is 0.229 e. The van der Waals surface area contributed by atoms with Crippen molar-refractivity contribution >= 4 is 11.8 Å². The van der Waals surface area contributed by atoms with Gasteiger partial charge in [-0.1, -0.05) is 0 Å². The summed E-state index contributed by atoms with van der Waals surface area (Å²) in [6.07, 6.45) is 4.37. The monoisotopic (exact) mass is 196 g/mol. The Labute approximate surface area is 83.4 Å². The molecule has 1 heterocycles. The Morgan fingerprint density at radius 1 is 1.14 bits per heavy atom. The SMILES string of the molecule is NC1CCC(N2C(=O)CCCC2=O)C1. The van der Waals surface area contributed by atoms with E-state index >= 15 is 0 Å². The number of likely N-dealkylation sites (tertiary alicyclic amines) is 1. The Bertz CT molecular complexity index is 249. The standard InChI is InChI=1S/C10H16N2O2/c11-7-4-5-8(6-7)12-9(13)2-1-3-10(12)14/h7-8H,1-6,11H2. The normalized spacial score (nSPS) is 33.9. The van der Waals surface area contributed by atoms with Gasteiger partial charge in [0, 0.05) is 24.9 Å². The van der Waals surface area contributed by atoms with Gasteiger partial charge in [-0.05, 0) is 25.7 Å². The van der Waals surface area contributed by atoms with E-state index < -0.39 is 0 Å². The third-order valence-electron chi connectivity index (χ3n) is 3.13.